The van der Waals surface area contributed by atoms with Gasteiger partial charge in [0.15, 0.2) is 0 Å². The van der Waals surface area contributed by atoms with E-state index >= 15 is 0 Å². The van der Waals surface area contributed by atoms with Crippen LogP contribution in [-0.4, -0.2) is 47.7 Å². The number of hydrogen-bond donors (Lipinski definition) is 0. The molecular formula is C22H22ClN3O3. The molecule has 0 saturated heterocycles. The SMILES string of the molecule is COC(=O)N1CC=C(c2ccn3cc(-c4cc(Cl)c(OC)cc4C)nc3c2)CC1. The quantitative estimate of drug-likeness (QED) is 0.619. The van der Waals surface area contributed by atoms with E-state index in [0.29, 0.717) is 23.9 Å². The Morgan fingerprint density at radius 1 is 1.24 bits per heavy atom. The lowest BCUT2D eigenvalue weighted by Crippen LogP contribution is -2.34. The smallest absolute Gasteiger partial charge is 0.409 e. The first kappa shape index (κ1) is 19.3. The Balaban J connectivity index is 1.65. The lowest BCUT2D eigenvalue weighted by atomic mass is 10.0. The number of hydrogen-bond acceptors (Lipinski definition) is 4. The number of halogens is 1. The predicted molar refractivity (Wildman–Crippen MR) is 113 cm³/mol. The summed E-state index contributed by atoms with van der Waals surface area (Å²) in [5.41, 5.74) is 6.07. The molecule has 0 N–H and O–H groups in total. The summed E-state index contributed by atoms with van der Waals surface area (Å²) >= 11 is 6.32. The Hall–Kier alpha value is -2.99. The zero-order valence-corrected chi connectivity index (χ0v) is 17.4. The zero-order chi connectivity index (χ0) is 20.5. The third-order valence-electron chi connectivity index (χ3n) is 5.25. The molecule has 0 fully saturated rings. The number of benzene rings is 1. The maximum atomic E-state index is 11.7. The number of aromatic nitrogens is 2. The van der Waals surface area contributed by atoms with Crippen LogP contribution in [0.2, 0.25) is 5.02 Å². The number of nitrogens with zero attached hydrogens (tertiary/aromatic N) is 3. The number of aryl methyl sites for hydroxylation is 1. The molecule has 0 saturated carbocycles. The highest BCUT2D eigenvalue weighted by molar-refractivity contribution is 6.32. The van der Waals surface area contributed by atoms with Crippen molar-refractivity contribution in [2.24, 2.45) is 0 Å². The van der Waals surface area contributed by atoms with Gasteiger partial charge in [-0.1, -0.05) is 17.7 Å². The van der Waals surface area contributed by atoms with Crippen LogP contribution in [0.1, 0.15) is 17.5 Å². The second-order valence-corrected chi connectivity index (χ2v) is 7.41. The molecular weight excluding hydrogens is 390 g/mol. The average molecular weight is 412 g/mol. The van der Waals surface area contributed by atoms with Gasteiger partial charge in [0.1, 0.15) is 11.4 Å². The average Bonchev–Trinajstić information content (AvgIpc) is 3.17. The minimum absolute atomic E-state index is 0.290. The molecule has 4 rings (SSSR count). The van der Waals surface area contributed by atoms with Gasteiger partial charge in [-0.2, -0.15) is 0 Å². The normalized spacial score (nSPS) is 14.1. The molecule has 1 amide bonds. The number of methoxy groups -OCH3 is 2. The number of imidazole rings is 1. The molecule has 0 atom stereocenters. The molecule has 0 unspecified atom stereocenters. The number of pyridine rings is 1. The van der Waals surface area contributed by atoms with Gasteiger partial charge in [0.2, 0.25) is 0 Å². The summed E-state index contributed by atoms with van der Waals surface area (Å²) in [5.74, 6) is 0.657. The van der Waals surface area contributed by atoms with Gasteiger partial charge in [-0.05, 0) is 54.3 Å². The number of amides is 1. The van der Waals surface area contributed by atoms with E-state index in [4.69, 9.17) is 26.1 Å². The van der Waals surface area contributed by atoms with Crippen LogP contribution in [0.25, 0.3) is 22.5 Å². The summed E-state index contributed by atoms with van der Waals surface area (Å²) < 4.78 is 12.1. The molecule has 1 aliphatic rings. The van der Waals surface area contributed by atoms with Gasteiger partial charge in [0.05, 0.1) is 24.9 Å². The van der Waals surface area contributed by atoms with Gasteiger partial charge in [-0.15, -0.1) is 0 Å². The van der Waals surface area contributed by atoms with Gasteiger partial charge < -0.3 is 18.8 Å². The Labute approximate surface area is 174 Å². The van der Waals surface area contributed by atoms with Crippen LogP contribution in [0.4, 0.5) is 4.79 Å². The minimum Gasteiger partial charge on any atom is -0.495 e. The van der Waals surface area contributed by atoms with Crippen molar-refractivity contribution in [2.75, 3.05) is 27.3 Å². The van der Waals surface area contributed by atoms with Gasteiger partial charge in [0, 0.05) is 31.0 Å². The Bertz CT molecular complexity index is 1120. The molecule has 0 radical (unpaired) electrons. The van der Waals surface area contributed by atoms with Crippen molar-refractivity contribution < 1.29 is 14.3 Å². The first-order valence-corrected chi connectivity index (χ1v) is 9.73. The third-order valence-corrected chi connectivity index (χ3v) is 5.54. The fourth-order valence-corrected chi connectivity index (χ4v) is 3.87. The van der Waals surface area contributed by atoms with Crippen LogP contribution in [0.5, 0.6) is 5.75 Å². The third kappa shape index (κ3) is 3.68. The molecule has 0 aliphatic carbocycles. The van der Waals surface area contributed by atoms with Crippen LogP contribution in [0.3, 0.4) is 0 Å². The van der Waals surface area contributed by atoms with Crippen molar-refractivity contribution in [1.82, 2.24) is 14.3 Å². The van der Waals surface area contributed by atoms with Crippen molar-refractivity contribution in [3.8, 4) is 17.0 Å². The molecule has 3 heterocycles. The fourth-order valence-electron chi connectivity index (χ4n) is 3.63. The topological polar surface area (TPSA) is 56.1 Å². The minimum atomic E-state index is -0.290. The van der Waals surface area contributed by atoms with Gasteiger partial charge >= 0.3 is 6.09 Å². The zero-order valence-electron chi connectivity index (χ0n) is 16.6. The van der Waals surface area contributed by atoms with Crippen molar-refractivity contribution in [3.63, 3.8) is 0 Å². The fraction of sp³-hybridized carbons (Fsp3) is 0.273. The molecule has 6 nitrogen and oxygen atoms in total. The highest BCUT2D eigenvalue weighted by atomic mass is 35.5. The van der Waals surface area contributed by atoms with E-state index in [1.807, 2.05) is 35.9 Å². The monoisotopic (exact) mass is 411 g/mol. The van der Waals surface area contributed by atoms with E-state index in [9.17, 15) is 4.79 Å². The van der Waals surface area contributed by atoms with Crippen molar-refractivity contribution >= 4 is 28.9 Å². The largest absolute Gasteiger partial charge is 0.495 e. The summed E-state index contributed by atoms with van der Waals surface area (Å²) in [6, 6.07) is 7.96. The number of ether oxygens (including phenoxy) is 2. The van der Waals surface area contributed by atoms with Crippen molar-refractivity contribution in [3.05, 3.63) is 58.9 Å². The second kappa shape index (κ2) is 7.79. The highest BCUT2D eigenvalue weighted by Gasteiger charge is 2.18. The summed E-state index contributed by atoms with van der Waals surface area (Å²) in [7, 11) is 3.01. The van der Waals surface area contributed by atoms with Crippen LogP contribution in [-0.2, 0) is 4.74 Å². The summed E-state index contributed by atoms with van der Waals surface area (Å²) in [6.45, 7) is 3.22. The summed E-state index contributed by atoms with van der Waals surface area (Å²) in [6.07, 6.45) is 6.57. The van der Waals surface area contributed by atoms with Gasteiger partial charge in [0.25, 0.3) is 0 Å². The van der Waals surface area contributed by atoms with Crippen LogP contribution in [0.15, 0.2) is 42.7 Å². The van der Waals surface area contributed by atoms with E-state index in [0.717, 1.165) is 34.5 Å². The first-order chi connectivity index (χ1) is 14.0. The van der Waals surface area contributed by atoms with E-state index < -0.39 is 0 Å². The van der Waals surface area contributed by atoms with Crippen molar-refractivity contribution in [1.29, 1.82) is 0 Å². The van der Waals surface area contributed by atoms with Crippen LogP contribution in [0, 0.1) is 6.92 Å². The molecule has 1 aliphatic heterocycles. The van der Waals surface area contributed by atoms with E-state index in [1.54, 1.807) is 12.0 Å². The lowest BCUT2D eigenvalue weighted by Gasteiger charge is -2.25. The molecule has 0 bridgehead atoms. The number of carbonyl (C=O) groups excluding carboxylic acids is 1. The predicted octanol–water partition coefficient (Wildman–Crippen LogP) is 4.83. The van der Waals surface area contributed by atoms with Crippen LogP contribution >= 0.6 is 11.6 Å². The molecule has 1 aromatic carbocycles. The number of carbonyl (C=O) groups is 1. The molecule has 3 aromatic rings. The van der Waals surface area contributed by atoms with E-state index in [1.165, 1.54) is 12.7 Å². The Morgan fingerprint density at radius 2 is 2.07 bits per heavy atom. The standard InChI is InChI=1S/C22H22ClN3O3/c1-14-10-20(28-2)18(23)12-17(14)19-13-26-9-6-16(11-21(26)24-19)15-4-7-25(8-5-15)22(27)29-3/h4,6,9-13H,5,7-8H2,1-3H3. The Morgan fingerprint density at radius 3 is 2.76 bits per heavy atom. The summed E-state index contributed by atoms with van der Waals surface area (Å²) in [5, 5.41) is 0.563. The van der Waals surface area contributed by atoms with E-state index in [2.05, 4.69) is 18.2 Å². The first-order valence-electron chi connectivity index (χ1n) is 9.35. The molecule has 7 heteroatoms. The van der Waals surface area contributed by atoms with Crippen molar-refractivity contribution in [2.45, 2.75) is 13.3 Å². The van der Waals surface area contributed by atoms with Gasteiger partial charge in [-0.3, -0.25) is 0 Å². The highest BCUT2D eigenvalue weighted by Crippen LogP contribution is 2.33. The molecule has 29 heavy (non-hydrogen) atoms. The summed E-state index contributed by atoms with van der Waals surface area (Å²) in [4.78, 5) is 18.1. The maximum Gasteiger partial charge on any atom is 0.409 e. The molecule has 150 valence electrons. The second-order valence-electron chi connectivity index (χ2n) is 7.00. The van der Waals surface area contributed by atoms with Gasteiger partial charge in [-0.25, -0.2) is 9.78 Å². The maximum absolute atomic E-state index is 11.7. The van der Waals surface area contributed by atoms with E-state index in [-0.39, 0.29) is 6.09 Å². The molecule has 0 spiro atoms. The number of rotatable bonds is 3. The van der Waals surface area contributed by atoms with Crippen LogP contribution < -0.4 is 4.74 Å². The number of fused-ring (bicyclic) bond motifs is 1. The molecule has 2 aromatic heterocycles. The Kier molecular flexibility index (Phi) is 5.20. The lowest BCUT2D eigenvalue weighted by molar-refractivity contribution is 0.128.